The van der Waals surface area contributed by atoms with Gasteiger partial charge < -0.3 is 20.5 Å². The molecule has 8 heteroatoms. The Labute approximate surface area is 209 Å². The molecule has 1 aliphatic heterocycles. The van der Waals surface area contributed by atoms with Crippen LogP contribution in [0.1, 0.15) is 35.2 Å². The molecule has 1 saturated heterocycles. The van der Waals surface area contributed by atoms with Crippen molar-refractivity contribution in [3.8, 4) is 16.9 Å². The first-order valence-corrected chi connectivity index (χ1v) is 12.0. The van der Waals surface area contributed by atoms with E-state index in [1.54, 1.807) is 24.4 Å². The number of nitrogen functional groups attached to an aromatic ring is 1. The SMILES string of the molecule is Nc1ncc(-c2ccc(C(=O)N3CCC(CCO)CC3)cc2)cc1OCc1c(Cl)cccc1Cl. The Kier molecular flexibility index (Phi) is 7.93. The predicted molar refractivity (Wildman–Crippen MR) is 135 cm³/mol. The van der Waals surface area contributed by atoms with E-state index in [1.807, 2.05) is 35.2 Å². The smallest absolute Gasteiger partial charge is 0.253 e. The number of nitrogens with zero attached hydrogens (tertiary/aromatic N) is 2. The molecule has 0 atom stereocenters. The third-order valence-electron chi connectivity index (χ3n) is 6.22. The van der Waals surface area contributed by atoms with Gasteiger partial charge in [-0.2, -0.15) is 0 Å². The van der Waals surface area contributed by atoms with E-state index < -0.39 is 0 Å². The van der Waals surface area contributed by atoms with Gasteiger partial charge in [-0.05, 0) is 61.1 Å². The summed E-state index contributed by atoms with van der Waals surface area (Å²) in [7, 11) is 0. The number of aliphatic hydroxyl groups excluding tert-OH is 1. The quantitative estimate of drug-likeness (QED) is 0.450. The van der Waals surface area contributed by atoms with Gasteiger partial charge in [-0.3, -0.25) is 4.79 Å². The fourth-order valence-corrected chi connectivity index (χ4v) is 4.65. The van der Waals surface area contributed by atoms with Gasteiger partial charge in [0.1, 0.15) is 6.61 Å². The van der Waals surface area contributed by atoms with Crippen LogP contribution in [0.5, 0.6) is 5.75 Å². The molecule has 1 aliphatic rings. The molecule has 3 aromatic rings. The van der Waals surface area contributed by atoms with E-state index in [0.717, 1.165) is 43.5 Å². The number of aliphatic hydroxyl groups is 1. The molecular weight excluding hydrogens is 473 g/mol. The third kappa shape index (κ3) is 5.63. The van der Waals surface area contributed by atoms with Crippen LogP contribution >= 0.6 is 23.2 Å². The van der Waals surface area contributed by atoms with E-state index in [0.29, 0.717) is 32.8 Å². The standard InChI is InChI=1S/C26H27Cl2N3O3/c27-22-2-1-3-23(28)21(22)16-34-24-14-20(15-30-25(24)29)18-4-6-19(7-5-18)26(33)31-11-8-17(9-12-31)10-13-32/h1-7,14-15,17,32H,8-13,16H2,(H2,29,30). The molecule has 1 fully saturated rings. The Bertz CT molecular complexity index is 1130. The molecule has 6 nitrogen and oxygen atoms in total. The number of amides is 1. The summed E-state index contributed by atoms with van der Waals surface area (Å²) in [4.78, 5) is 19.0. The first-order chi connectivity index (χ1) is 16.5. The van der Waals surface area contributed by atoms with E-state index in [4.69, 9.17) is 38.8 Å². The Hall–Kier alpha value is -2.80. The van der Waals surface area contributed by atoms with E-state index in [1.165, 1.54) is 0 Å². The van der Waals surface area contributed by atoms with E-state index in [-0.39, 0.29) is 24.9 Å². The number of hydrogen-bond acceptors (Lipinski definition) is 5. The molecule has 178 valence electrons. The monoisotopic (exact) mass is 499 g/mol. The van der Waals surface area contributed by atoms with E-state index >= 15 is 0 Å². The van der Waals surface area contributed by atoms with Crippen molar-refractivity contribution < 1.29 is 14.6 Å². The molecule has 4 rings (SSSR count). The molecule has 0 bridgehead atoms. The first kappa shape index (κ1) is 24.3. The van der Waals surface area contributed by atoms with Crippen molar-refractivity contribution in [1.29, 1.82) is 0 Å². The lowest BCUT2D eigenvalue weighted by Crippen LogP contribution is -2.38. The number of halogens is 2. The number of nitrogens with two attached hydrogens (primary N) is 1. The van der Waals surface area contributed by atoms with Crippen molar-refractivity contribution >= 4 is 34.9 Å². The minimum atomic E-state index is 0.0325. The van der Waals surface area contributed by atoms with Crippen LogP contribution < -0.4 is 10.5 Å². The van der Waals surface area contributed by atoms with Gasteiger partial charge in [0, 0.05) is 52.6 Å². The van der Waals surface area contributed by atoms with Crippen LogP contribution in [0.3, 0.4) is 0 Å². The van der Waals surface area contributed by atoms with Crippen molar-refractivity contribution in [2.75, 3.05) is 25.4 Å². The summed E-state index contributed by atoms with van der Waals surface area (Å²) in [5.74, 6) is 1.23. The second kappa shape index (κ2) is 11.1. The lowest BCUT2D eigenvalue weighted by Gasteiger charge is -2.31. The first-order valence-electron chi connectivity index (χ1n) is 11.3. The molecule has 2 heterocycles. The fraction of sp³-hybridized carbons (Fsp3) is 0.308. The van der Waals surface area contributed by atoms with Gasteiger partial charge in [-0.25, -0.2) is 4.98 Å². The minimum Gasteiger partial charge on any atom is -0.485 e. The number of hydrogen-bond donors (Lipinski definition) is 2. The van der Waals surface area contributed by atoms with Crippen molar-refractivity contribution in [2.24, 2.45) is 5.92 Å². The fourth-order valence-electron chi connectivity index (χ4n) is 4.14. The van der Waals surface area contributed by atoms with Crippen molar-refractivity contribution in [3.63, 3.8) is 0 Å². The van der Waals surface area contributed by atoms with Gasteiger partial charge in [0.25, 0.3) is 5.91 Å². The summed E-state index contributed by atoms with van der Waals surface area (Å²) in [6.45, 7) is 1.82. The summed E-state index contributed by atoms with van der Waals surface area (Å²) in [5.41, 5.74) is 9.06. The van der Waals surface area contributed by atoms with Crippen LogP contribution in [0.25, 0.3) is 11.1 Å². The molecule has 1 amide bonds. The Balaban J connectivity index is 1.44. The van der Waals surface area contributed by atoms with Crippen molar-refractivity contribution in [3.05, 3.63) is 75.9 Å². The van der Waals surface area contributed by atoms with E-state index in [2.05, 4.69) is 4.98 Å². The summed E-state index contributed by atoms with van der Waals surface area (Å²) < 4.78 is 5.88. The maximum Gasteiger partial charge on any atom is 0.253 e. The number of anilines is 1. The molecule has 2 aromatic carbocycles. The molecule has 0 radical (unpaired) electrons. The van der Waals surface area contributed by atoms with Crippen LogP contribution in [-0.2, 0) is 6.61 Å². The molecule has 0 aliphatic carbocycles. The Morgan fingerprint density at radius 2 is 1.76 bits per heavy atom. The van der Waals surface area contributed by atoms with Crippen LogP contribution in [0.2, 0.25) is 10.0 Å². The zero-order chi connectivity index (χ0) is 24.1. The van der Waals surface area contributed by atoms with Crippen molar-refractivity contribution in [1.82, 2.24) is 9.88 Å². The Morgan fingerprint density at radius 3 is 2.41 bits per heavy atom. The van der Waals surface area contributed by atoms with Crippen molar-refractivity contribution in [2.45, 2.75) is 25.9 Å². The van der Waals surface area contributed by atoms with Gasteiger partial charge in [-0.1, -0.05) is 41.4 Å². The number of likely N-dealkylation sites (tertiary alicyclic amines) is 1. The maximum absolute atomic E-state index is 12.9. The van der Waals surface area contributed by atoms with Crippen LogP contribution in [0, 0.1) is 5.92 Å². The molecule has 34 heavy (non-hydrogen) atoms. The van der Waals surface area contributed by atoms with Gasteiger partial charge in [0.15, 0.2) is 11.6 Å². The van der Waals surface area contributed by atoms with Crippen LogP contribution in [0.4, 0.5) is 5.82 Å². The van der Waals surface area contributed by atoms with Crippen LogP contribution in [0.15, 0.2) is 54.7 Å². The number of benzene rings is 2. The van der Waals surface area contributed by atoms with Gasteiger partial charge in [-0.15, -0.1) is 0 Å². The second-order valence-electron chi connectivity index (χ2n) is 8.42. The van der Waals surface area contributed by atoms with E-state index in [9.17, 15) is 4.79 Å². The number of rotatable bonds is 7. The Morgan fingerprint density at radius 1 is 1.09 bits per heavy atom. The number of piperidine rings is 1. The highest BCUT2D eigenvalue weighted by molar-refractivity contribution is 6.35. The predicted octanol–water partition coefficient (Wildman–Crippen LogP) is 5.45. The number of ether oxygens (including phenoxy) is 1. The summed E-state index contributed by atoms with van der Waals surface area (Å²) in [6.07, 6.45) is 4.35. The van der Waals surface area contributed by atoms with Gasteiger partial charge >= 0.3 is 0 Å². The second-order valence-corrected chi connectivity index (χ2v) is 9.24. The number of pyridine rings is 1. The molecular formula is C26H27Cl2N3O3. The van der Waals surface area contributed by atoms with Gasteiger partial charge in [0.2, 0.25) is 0 Å². The number of carbonyl (C=O) groups excluding carboxylic acids is 1. The normalized spacial score (nSPS) is 14.3. The zero-order valence-corrected chi connectivity index (χ0v) is 20.2. The molecule has 1 aromatic heterocycles. The molecule has 0 unspecified atom stereocenters. The average Bonchev–Trinajstić information content (AvgIpc) is 2.85. The molecule has 0 saturated carbocycles. The minimum absolute atomic E-state index is 0.0325. The summed E-state index contributed by atoms with van der Waals surface area (Å²) in [6, 6.07) is 14.6. The highest BCUT2D eigenvalue weighted by atomic mass is 35.5. The average molecular weight is 500 g/mol. The highest BCUT2D eigenvalue weighted by Crippen LogP contribution is 2.31. The highest BCUT2D eigenvalue weighted by Gasteiger charge is 2.23. The lowest BCUT2D eigenvalue weighted by atomic mass is 9.93. The third-order valence-corrected chi connectivity index (χ3v) is 6.93. The largest absolute Gasteiger partial charge is 0.485 e. The maximum atomic E-state index is 12.9. The summed E-state index contributed by atoms with van der Waals surface area (Å²) >= 11 is 12.5. The topological polar surface area (TPSA) is 88.7 Å². The zero-order valence-electron chi connectivity index (χ0n) is 18.7. The molecule has 0 spiro atoms. The van der Waals surface area contributed by atoms with Crippen LogP contribution in [-0.4, -0.2) is 40.6 Å². The lowest BCUT2D eigenvalue weighted by molar-refractivity contribution is 0.0678. The van der Waals surface area contributed by atoms with Gasteiger partial charge in [0.05, 0.1) is 0 Å². The molecule has 3 N–H and O–H groups in total. The summed E-state index contributed by atoms with van der Waals surface area (Å²) in [5, 5.41) is 10.2. The number of carbonyl (C=O) groups is 1. The number of aromatic nitrogens is 1.